The first-order chi connectivity index (χ1) is 9.70. The molecule has 4 N–H and O–H groups in total. The maximum absolute atomic E-state index is 7.53. The lowest BCUT2D eigenvalue weighted by Gasteiger charge is -2.23. The molecule has 3 rings (SSSR count). The number of fused-ring (bicyclic) bond motifs is 1. The quantitative estimate of drug-likeness (QED) is 0.707. The van der Waals surface area contributed by atoms with Crippen LogP contribution in [-0.4, -0.2) is 32.9 Å². The van der Waals surface area contributed by atoms with E-state index in [4.69, 9.17) is 11.1 Å². The van der Waals surface area contributed by atoms with E-state index >= 15 is 0 Å². The number of nitrogens with one attached hydrogen (secondary N) is 2. The first kappa shape index (κ1) is 12.6. The summed E-state index contributed by atoms with van der Waals surface area (Å²) in [6.45, 7) is 3.63. The number of aromatic amines is 1. The van der Waals surface area contributed by atoms with Crippen molar-refractivity contribution in [2.75, 3.05) is 17.2 Å². The van der Waals surface area contributed by atoms with Gasteiger partial charge in [-0.15, -0.1) is 0 Å². The van der Waals surface area contributed by atoms with Crippen LogP contribution in [0, 0.1) is 12.3 Å². The summed E-state index contributed by atoms with van der Waals surface area (Å²) in [5.74, 6) is 1.07. The first-order valence-corrected chi connectivity index (χ1v) is 6.59. The summed E-state index contributed by atoms with van der Waals surface area (Å²) in [6.07, 6.45) is 4.62. The lowest BCUT2D eigenvalue weighted by atomic mass is 10.1. The molecule has 7 heteroatoms. The highest BCUT2D eigenvalue weighted by molar-refractivity contribution is 5.90. The molecule has 0 amide bonds. The maximum atomic E-state index is 7.53. The van der Waals surface area contributed by atoms with Crippen LogP contribution in [-0.2, 0) is 13.0 Å². The fourth-order valence-corrected chi connectivity index (χ4v) is 2.60. The standard InChI is InChI=1S/C13H17N7/c1-8-10-6-20(4-2-3-11(10)19-18-8)13-9(5-14)12(15)16-7-17-13/h5,7,14H,2-4,6H2,1H3,(H,18,19)(H2,15,16,17). The lowest BCUT2D eigenvalue weighted by Crippen LogP contribution is -2.25. The molecule has 0 aliphatic carbocycles. The van der Waals surface area contributed by atoms with E-state index in [1.807, 2.05) is 6.92 Å². The minimum atomic E-state index is 0.346. The van der Waals surface area contributed by atoms with E-state index in [0.29, 0.717) is 11.4 Å². The van der Waals surface area contributed by atoms with Gasteiger partial charge in [-0.3, -0.25) is 5.10 Å². The lowest BCUT2D eigenvalue weighted by molar-refractivity contribution is 0.740. The number of hydrogen-bond donors (Lipinski definition) is 3. The van der Waals surface area contributed by atoms with Crippen LogP contribution in [0.25, 0.3) is 0 Å². The predicted molar refractivity (Wildman–Crippen MR) is 77.0 cm³/mol. The summed E-state index contributed by atoms with van der Waals surface area (Å²) in [4.78, 5) is 10.4. The molecular formula is C13H17N7. The molecule has 1 aliphatic heterocycles. The molecule has 0 saturated carbocycles. The third kappa shape index (κ3) is 2.01. The van der Waals surface area contributed by atoms with Crippen LogP contribution in [0.2, 0.25) is 0 Å². The van der Waals surface area contributed by atoms with Crippen LogP contribution in [0.3, 0.4) is 0 Å². The van der Waals surface area contributed by atoms with Gasteiger partial charge >= 0.3 is 0 Å². The van der Waals surface area contributed by atoms with Crippen LogP contribution in [0.4, 0.5) is 11.6 Å². The van der Waals surface area contributed by atoms with Gasteiger partial charge < -0.3 is 16.0 Å². The zero-order valence-electron chi connectivity index (χ0n) is 11.3. The molecule has 0 bridgehead atoms. The van der Waals surface area contributed by atoms with Gasteiger partial charge in [0.05, 0.1) is 11.3 Å². The number of nitrogens with zero attached hydrogens (tertiary/aromatic N) is 4. The fourth-order valence-electron chi connectivity index (χ4n) is 2.60. The highest BCUT2D eigenvalue weighted by atomic mass is 15.2. The molecule has 0 fully saturated rings. The fraction of sp³-hybridized carbons (Fsp3) is 0.385. The molecule has 0 radical (unpaired) electrons. The summed E-state index contributed by atoms with van der Waals surface area (Å²) >= 11 is 0. The Kier molecular flexibility index (Phi) is 3.09. The Hall–Kier alpha value is -2.44. The van der Waals surface area contributed by atoms with E-state index in [1.165, 1.54) is 18.1 Å². The Labute approximate surface area is 116 Å². The van der Waals surface area contributed by atoms with Crippen LogP contribution in [0.15, 0.2) is 6.33 Å². The number of nitrogen functional groups attached to an aromatic ring is 1. The molecular weight excluding hydrogens is 254 g/mol. The second-order valence-electron chi connectivity index (χ2n) is 4.94. The van der Waals surface area contributed by atoms with Crippen LogP contribution >= 0.6 is 0 Å². The second kappa shape index (κ2) is 4.92. The number of aromatic nitrogens is 4. The molecule has 104 valence electrons. The topological polar surface area (TPSA) is 108 Å². The van der Waals surface area contributed by atoms with Gasteiger partial charge in [-0.1, -0.05) is 0 Å². The van der Waals surface area contributed by atoms with Crippen molar-refractivity contribution >= 4 is 17.9 Å². The molecule has 1 aliphatic rings. The number of nitrogens with two attached hydrogens (primary N) is 1. The van der Waals surface area contributed by atoms with Crippen LogP contribution in [0.1, 0.15) is 28.9 Å². The first-order valence-electron chi connectivity index (χ1n) is 6.59. The normalized spacial score (nSPS) is 14.8. The maximum Gasteiger partial charge on any atom is 0.143 e. The number of H-pyrrole nitrogens is 1. The molecule has 3 heterocycles. The Balaban J connectivity index is 2.01. The summed E-state index contributed by atoms with van der Waals surface area (Å²) < 4.78 is 0. The van der Waals surface area contributed by atoms with E-state index in [9.17, 15) is 0 Å². The zero-order chi connectivity index (χ0) is 14.1. The van der Waals surface area contributed by atoms with Crippen molar-refractivity contribution in [1.29, 1.82) is 5.41 Å². The zero-order valence-corrected chi connectivity index (χ0v) is 11.3. The summed E-state index contributed by atoms with van der Waals surface area (Å²) in [5, 5.41) is 14.9. The van der Waals surface area contributed by atoms with Gasteiger partial charge in [0.2, 0.25) is 0 Å². The Morgan fingerprint density at radius 1 is 1.45 bits per heavy atom. The van der Waals surface area contributed by atoms with E-state index < -0.39 is 0 Å². The van der Waals surface area contributed by atoms with Gasteiger partial charge in [-0.2, -0.15) is 5.10 Å². The van der Waals surface area contributed by atoms with Crippen LogP contribution in [0.5, 0.6) is 0 Å². The van der Waals surface area contributed by atoms with E-state index in [0.717, 1.165) is 43.1 Å². The second-order valence-corrected chi connectivity index (χ2v) is 4.94. The number of aryl methyl sites for hydroxylation is 2. The molecule has 0 aromatic carbocycles. The SMILES string of the molecule is Cc1[nH]nc2c1CN(c1ncnc(N)c1C=N)CCC2. The van der Waals surface area contributed by atoms with Crippen molar-refractivity contribution in [3.63, 3.8) is 0 Å². The van der Waals surface area contributed by atoms with Crippen molar-refractivity contribution in [2.45, 2.75) is 26.3 Å². The molecule has 7 nitrogen and oxygen atoms in total. The van der Waals surface area contributed by atoms with Crippen molar-refractivity contribution < 1.29 is 0 Å². The molecule has 0 unspecified atom stereocenters. The summed E-state index contributed by atoms with van der Waals surface area (Å²) in [7, 11) is 0. The Bertz CT molecular complexity index is 646. The van der Waals surface area contributed by atoms with Gasteiger partial charge in [0, 0.05) is 30.6 Å². The largest absolute Gasteiger partial charge is 0.383 e. The van der Waals surface area contributed by atoms with Gasteiger partial charge in [-0.05, 0) is 19.8 Å². The average Bonchev–Trinajstić information content (AvgIpc) is 2.68. The monoisotopic (exact) mass is 271 g/mol. The molecule has 2 aromatic rings. The van der Waals surface area contributed by atoms with E-state index in [-0.39, 0.29) is 0 Å². The Morgan fingerprint density at radius 3 is 3.10 bits per heavy atom. The molecule has 0 saturated heterocycles. The average molecular weight is 271 g/mol. The van der Waals surface area contributed by atoms with Gasteiger partial charge in [0.25, 0.3) is 0 Å². The van der Waals surface area contributed by atoms with Gasteiger partial charge in [-0.25, -0.2) is 9.97 Å². The third-order valence-corrected chi connectivity index (χ3v) is 3.69. The molecule has 20 heavy (non-hydrogen) atoms. The molecule has 0 atom stereocenters. The minimum Gasteiger partial charge on any atom is -0.383 e. The molecule has 2 aromatic heterocycles. The Morgan fingerprint density at radius 2 is 2.30 bits per heavy atom. The van der Waals surface area contributed by atoms with Crippen molar-refractivity contribution in [3.05, 3.63) is 28.8 Å². The summed E-state index contributed by atoms with van der Waals surface area (Å²) in [6, 6.07) is 0. The van der Waals surface area contributed by atoms with E-state index in [1.54, 1.807) is 0 Å². The number of rotatable bonds is 2. The number of hydrogen-bond acceptors (Lipinski definition) is 6. The van der Waals surface area contributed by atoms with Crippen molar-refractivity contribution in [3.8, 4) is 0 Å². The van der Waals surface area contributed by atoms with Crippen molar-refractivity contribution in [1.82, 2.24) is 20.2 Å². The van der Waals surface area contributed by atoms with Crippen molar-refractivity contribution in [2.24, 2.45) is 0 Å². The summed E-state index contributed by atoms with van der Waals surface area (Å²) in [5.41, 5.74) is 9.85. The van der Waals surface area contributed by atoms with Gasteiger partial charge in [0.1, 0.15) is 18.0 Å². The van der Waals surface area contributed by atoms with Gasteiger partial charge in [0.15, 0.2) is 0 Å². The minimum absolute atomic E-state index is 0.346. The smallest absolute Gasteiger partial charge is 0.143 e. The number of anilines is 2. The van der Waals surface area contributed by atoms with Crippen LogP contribution < -0.4 is 10.6 Å². The molecule has 0 spiro atoms. The highest BCUT2D eigenvalue weighted by Gasteiger charge is 2.22. The third-order valence-electron chi connectivity index (χ3n) is 3.69. The predicted octanol–water partition coefficient (Wildman–Crippen LogP) is 1.04. The van der Waals surface area contributed by atoms with E-state index in [2.05, 4.69) is 25.1 Å². The highest BCUT2D eigenvalue weighted by Crippen LogP contribution is 2.26.